The van der Waals surface area contributed by atoms with E-state index in [9.17, 15) is 9.59 Å². The van der Waals surface area contributed by atoms with Crippen molar-refractivity contribution < 1.29 is 14.7 Å². The number of aliphatic hydroxyl groups is 1. The van der Waals surface area contributed by atoms with Crippen LogP contribution in [-0.2, 0) is 0 Å². The van der Waals surface area contributed by atoms with E-state index < -0.39 is 0 Å². The molecule has 0 saturated carbocycles. The zero-order valence-electron chi connectivity index (χ0n) is 11.4. The monoisotopic (exact) mass is 281 g/mol. The summed E-state index contributed by atoms with van der Waals surface area (Å²) in [7, 11) is 0. The predicted molar refractivity (Wildman–Crippen MR) is 79.3 cm³/mol. The summed E-state index contributed by atoms with van der Waals surface area (Å²) < 4.78 is 0. The molecule has 0 unspecified atom stereocenters. The molecular weight excluding hydrogens is 266 g/mol. The van der Waals surface area contributed by atoms with Crippen molar-refractivity contribution in [3.63, 3.8) is 0 Å². The number of fused-ring (bicyclic) bond motifs is 3. The summed E-state index contributed by atoms with van der Waals surface area (Å²) in [5.74, 6) is -0.263. The van der Waals surface area contributed by atoms with Crippen molar-refractivity contribution in [2.45, 2.75) is 6.42 Å². The van der Waals surface area contributed by atoms with Gasteiger partial charge in [0, 0.05) is 29.8 Å². The Bertz CT molecular complexity index is 722. The Morgan fingerprint density at radius 1 is 1.00 bits per heavy atom. The number of hydrogen-bond donors (Lipinski definition) is 2. The van der Waals surface area contributed by atoms with Crippen LogP contribution >= 0.6 is 0 Å². The van der Waals surface area contributed by atoms with E-state index in [-0.39, 0.29) is 18.3 Å². The molecule has 1 amide bonds. The van der Waals surface area contributed by atoms with E-state index in [0.29, 0.717) is 29.7 Å². The quantitative estimate of drug-likeness (QED) is 0.719. The average molecular weight is 281 g/mol. The minimum absolute atomic E-state index is 0.0365. The van der Waals surface area contributed by atoms with Gasteiger partial charge in [-0.3, -0.25) is 9.59 Å². The third-order valence-electron chi connectivity index (χ3n) is 3.61. The van der Waals surface area contributed by atoms with Gasteiger partial charge >= 0.3 is 0 Å². The van der Waals surface area contributed by atoms with Gasteiger partial charge in [0.15, 0.2) is 5.78 Å². The number of aliphatic hydroxyl groups excluding tert-OH is 1. The minimum atomic E-state index is -0.227. The maximum atomic E-state index is 12.4. The van der Waals surface area contributed by atoms with Crippen molar-refractivity contribution in [1.82, 2.24) is 5.32 Å². The van der Waals surface area contributed by atoms with Crippen LogP contribution in [0, 0.1) is 0 Å². The molecule has 0 saturated heterocycles. The second-order valence-electron chi connectivity index (χ2n) is 4.97. The number of ketones is 1. The number of amides is 1. The molecular formula is C17H15NO3. The van der Waals surface area contributed by atoms with Crippen LogP contribution in [0.1, 0.15) is 32.7 Å². The molecule has 0 spiro atoms. The summed E-state index contributed by atoms with van der Waals surface area (Å²) in [6, 6.07) is 12.6. The van der Waals surface area contributed by atoms with Gasteiger partial charge in [-0.2, -0.15) is 0 Å². The Hall–Kier alpha value is -2.46. The highest BCUT2D eigenvalue weighted by molar-refractivity contribution is 6.22. The van der Waals surface area contributed by atoms with Crippen molar-refractivity contribution in [2.24, 2.45) is 0 Å². The third kappa shape index (κ3) is 2.34. The van der Waals surface area contributed by atoms with E-state index in [4.69, 9.17) is 5.11 Å². The molecule has 3 rings (SSSR count). The molecule has 0 heterocycles. The molecule has 0 aliphatic heterocycles. The van der Waals surface area contributed by atoms with Crippen LogP contribution in [-0.4, -0.2) is 29.9 Å². The summed E-state index contributed by atoms with van der Waals surface area (Å²) >= 11 is 0. The molecule has 2 N–H and O–H groups in total. The lowest BCUT2D eigenvalue weighted by atomic mass is 10.0. The highest BCUT2D eigenvalue weighted by Gasteiger charge is 2.26. The van der Waals surface area contributed by atoms with Crippen LogP contribution in [0.5, 0.6) is 0 Å². The largest absolute Gasteiger partial charge is 0.396 e. The Morgan fingerprint density at radius 3 is 2.48 bits per heavy atom. The first-order valence-electron chi connectivity index (χ1n) is 6.89. The van der Waals surface area contributed by atoms with Crippen molar-refractivity contribution in [1.29, 1.82) is 0 Å². The van der Waals surface area contributed by atoms with E-state index >= 15 is 0 Å². The van der Waals surface area contributed by atoms with Gasteiger partial charge < -0.3 is 10.4 Å². The van der Waals surface area contributed by atoms with Crippen molar-refractivity contribution in [3.8, 4) is 11.1 Å². The van der Waals surface area contributed by atoms with Gasteiger partial charge in [-0.15, -0.1) is 0 Å². The first-order chi connectivity index (χ1) is 10.2. The molecule has 0 bridgehead atoms. The second kappa shape index (κ2) is 5.50. The molecule has 0 atom stereocenters. The van der Waals surface area contributed by atoms with Crippen LogP contribution in [0.3, 0.4) is 0 Å². The maximum absolute atomic E-state index is 12.4. The number of rotatable bonds is 4. The molecule has 21 heavy (non-hydrogen) atoms. The molecule has 0 fully saturated rings. The predicted octanol–water partition coefficient (Wildman–Crippen LogP) is 2.01. The van der Waals surface area contributed by atoms with Gasteiger partial charge in [-0.25, -0.2) is 0 Å². The standard InChI is InChI=1S/C17H15NO3/c19-9-3-8-18-17(21)11-6-7-13-12-4-1-2-5-14(12)16(20)15(13)10-11/h1-2,4-7,10,19H,3,8-9H2,(H,18,21). The van der Waals surface area contributed by atoms with Crippen molar-refractivity contribution >= 4 is 11.7 Å². The smallest absolute Gasteiger partial charge is 0.251 e. The summed E-state index contributed by atoms with van der Waals surface area (Å²) in [5, 5.41) is 11.4. The van der Waals surface area contributed by atoms with Gasteiger partial charge in [-0.05, 0) is 29.7 Å². The fraction of sp³-hybridized carbons (Fsp3) is 0.176. The zero-order valence-corrected chi connectivity index (χ0v) is 11.4. The first kappa shape index (κ1) is 13.5. The van der Waals surface area contributed by atoms with Gasteiger partial charge in [0.1, 0.15) is 0 Å². The fourth-order valence-corrected chi connectivity index (χ4v) is 2.55. The van der Waals surface area contributed by atoms with Crippen LogP contribution in [0.4, 0.5) is 0 Å². The molecule has 0 radical (unpaired) electrons. The maximum Gasteiger partial charge on any atom is 0.251 e. The van der Waals surface area contributed by atoms with E-state index in [1.54, 1.807) is 18.2 Å². The van der Waals surface area contributed by atoms with Gasteiger partial charge in [0.2, 0.25) is 0 Å². The van der Waals surface area contributed by atoms with Gasteiger partial charge in [0.25, 0.3) is 5.91 Å². The Kier molecular flexibility index (Phi) is 3.54. The minimum Gasteiger partial charge on any atom is -0.396 e. The molecule has 2 aromatic carbocycles. The van der Waals surface area contributed by atoms with E-state index in [2.05, 4.69) is 5.32 Å². The zero-order chi connectivity index (χ0) is 14.8. The summed E-state index contributed by atoms with van der Waals surface area (Å²) in [4.78, 5) is 24.4. The Morgan fingerprint density at radius 2 is 1.71 bits per heavy atom. The lowest BCUT2D eigenvalue weighted by Crippen LogP contribution is -2.25. The molecule has 4 heteroatoms. The van der Waals surface area contributed by atoms with Crippen molar-refractivity contribution in [2.75, 3.05) is 13.2 Å². The molecule has 1 aliphatic rings. The number of hydrogen-bond acceptors (Lipinski definition) is 3. The number of carbonyl (C=O) groups excluding carboxylic acids is 2. The molecule has 106 valence electrons. The van der Waals surface area contributed by atoms with Crippen LogP contribution in [0.25, 0.3) is 11.1 Å². The lowest BCUT2D eigenvalue weighted by molar-refractivity contribution is 0.0951. The van der Waals surface area contributed by atoms with Crippen LogP contribution < -0.4 is 5.32 Å². The SMILES string of the molecule is O=C(NCCCO)c1ccc2c(c1)C(=O)c1ccccc1-2. The number of nitrogens with one attached hydrogen (secondary N) is 1. The topological polar surface area (TPSA) is 66.4 Å². The molecule has 1 aliphatic carbocycles. The molecule has 4 nitrogen and oxygen atoms in total. The molecule has 2 aromatic rings. The summed E-state index contributed by atoms with van der Waals surface area (Å²) in [5.41, 5.74) is 3.52. The average Bonchev–Trinajstić information content (AvgIpc) is 2.81. The second-order valence-corrected chi connectivity index (χ2v) is 4.97. The van der Waals surface area contributed by atoms with E-state index in [1.807, 2.05) is 24.3 Å². The highest BCUT2D eigenvalue weighted by atomic mass is 16.3. The highest BCUT2D eigenvalue weighted by Crippen LogP contribution is 2.36. The van der Waals surface area contributed by atoms with Crippen molar-refractivity contribution in [3.05, 3.63) is 59.2 Å². The Balaban J connectivity index is 1.90. The van der Waals surface area contributed by atoms with Gasteiger partial charge in [0.05, 0.1) is 0 Å². The lowest BCUT2D eigenvalue weighted by Gasteiger charge is -2.06. The van der Waals surface area contributed by atoms with E-state index in [1.165, 1.54) is 0 Å². The number of carbonyl (C=O) groups is 2. The van der Waals surface area contributed by atoms with Crippen LogP contribution in [0.2, 0.25) is 0 Å². The Labute approximate surface area is 122 Å². The summed E-state index contributed by atoms with van der Waals surface area (Å²) in [6.07, 6.45) is 0.515. The number of benzene rings is 2. The molecule has 0 aromatic heterocycles. The van der Waals surface area contributed by atoms with Crippen LogP contribution in [0.15, 0.2) is 42.5 Å². The fourth-order valence-electron chi connectivity index (χ4n) is 2.55. The normalized spacial score (nSPS) is 12.0. The first-order valence-corrected chi connectivity index (χ1v) is 6.89. The van der Waals surface area contributed by atoms with E-state index in [0.717, 1.165) is 11.1 Å². The third-order valence-corrected chi connectivity index (χ3v) is 3.61. The summed E-state index contributed by atoms with van der Waals surface area (Å²) in [6.45, 7) is 0.457. The van der Waals surface area contributed by atoms with Gasteiger partial charge in [-0.1, -0.05) is 30.3 Å².